The smallest absolute Gasteiger partial charge is 0.0745 e. The first-order valence-electron chi connectivity index (χ1n) is 6.45. The molecule has 1 heterocycles. The van der Waals surface area contributed by atoms with E-state index in [4.69, 9.17) is 5.21 Å². The third-order valence-electron chi connectivity index (χ3n) is 3.63. The highest BCUT2D eigenvalue weighted by Gasteiger charge is 2.17. The van der Waals surface area contributed by atoms with E-state index >= 15 is 0 Å². The molecule has 0 aromatic heterocycles. The molecule has 0 atom stereocenters. The molecule has 1 aromatic rings. The van der Waals surface area contributed by atoms with Crippen molar-refractivity contribution >= 4 is 17.1 Å². The Morgan fingerprint density at radius 1 is 1.26 bits per heavy atom. The first-order chi connectivity index (χ1) is 9.02. The zero-order chi connectivity index (χ0) is 14.0. The summed E-state index contributed by atoms with van der Waals surface area (Å²) in [5.41, 5.74) is 2.99. The molecule has 106 valence electrons. The number of hydrogen-bond donors (Lipinski definition) is 2. The van der Waals surface area contributed by atoms with E-state index in [1.165, 1.54) is 0 Å². The summed E-state index contributed by atoms with van der Waals surface area (Å²) in [5.74, 6) is 0. The van der Waals surface area contributed by atoms with Crippen molar-refractivity contribution in [3.8, 4) is 0 Å². The molecule has 1 fully saturated rings. The molecule has 6 heteroatoms. The molecule has 1 aliphatic rings. The lowest BCUT2D eigenvalue weighted by Crippen LogP contribution is -2.44. The molecule has 2 rings (SSSR count). The molecule has 0 radical (unpaired) electrons. The largest absolute Gasteiger partial charge is 0.733 e. The van der Waals surface area contributed by atoms with Crippen molar-refractivity contribution in [1.29, 1.82) is 0 Å². The molecule has 0 bridgehead atoms. The van der Waals surface area contributed by atoms with Crippen LogP contribution in [-0.4, -0.2) is 50.4 Å². The van der Waals surface area contributed by atoms with Gasteiger partial charge in [-0.2, -0.15) is 0 Å². The van der Waals surface area contributed by atoms with E-state index in [-0.39, 0.29) is 10.9 Å². The normalized spacial score (nSPS) is 16.6. The zero-order valence-corrected chi connectivity index (χ0v) is 11.7. The van der Waals surface area contributed by atoms with Gasteiger partial charge >= 0.3 is 0 Å². The average Bonchev–Trinajstić information content (AvgIpc) is 2.39. The van der Waals surface area contributed by atoms with Crippen molar-refractivity contribution < 1.29 is 5.21 Å². The van der Waals surface area contributed by atoms with Crippen LogP contribution in [0.4, 0.5) is 17.1 Å². The molecule has 0 saturated carbocycles. The van der Waals surface area contributed by atoms with E-state index in [9.17, 15) is 5.21 Å². The van der Waals surface area contributed by atoms with Crippen LogP contribution in [0.1, 0.15) is 5.56 Å². The predicted octanol–water partition coefficient (Wildman–Crippen LogP) is 1.48. The molecule has 1 aliphatic heterocycles. The molecule has 1 saturated heterocycles. The summed E-state index contributed by atoms with van der Waals surface area (Å²) in [4.78, 5) is 4.61. The first kappa shape index (κ1) is 13.9. The fraction of sp³-hybridized carbons (Fsp3) is 0.538. The van der Waals surface area contributed by atoms with E-state index in [1.807, 2.05) is 13.0 Å². The third-order valence-corrected chi connectivity index (χ3v) is 3.63. The maximum Gasteiger partial charge on any atom is 0.0745 e. The highest BCUT2D eigenvalue weighted by Crippen LogP contribution is 2.33. The van der Waals surface area contributed by atoms with E-state index in [0.717, 1.165) is 37.4 Å². The number of rotatable bonds is 3. The number of nitrogens with zero attached hydrogens (tertiary/aromatic N) is 3. The van der Waals surface area contributed by atoms with Crippen molar-refractivity contribution in [2.75, 3.05) is 55.7 Å². The van der Waals surface area contributed by atoms with E-state index in [2.05, 4.69) is 22.2 Å². The fourth-order valence-electron chi connectivity index (χ4n) is 2.43. The highest BCUT2D eigenvalue weighted by molar-refractivity contribution is 5.77. The summed E-state index contributed by atoms with van der Waals surface area (Å²) in [5, 5.41) is 23.1. The summed E-state index contributed by atoms with van der Waals surface area (Å²) in [6.07, 6.45) is 0. The van der Waals surface area contributed by atoms with Crippen LogP contribution in [0, 0.1) is 12.1 Å². The lowest BCUT2D eigenvalue weighted by molar-refractivity contribution is 0.297. The number of likely N-dealkylation sites (N-methyl/N-ethyl adjacent to an activating group) is 1. The number of piperazine rings is 1. The van der Waals surface area contributed by atoms with Gasteiger partial charge in [0.25, 0.3) is 0 Å². The lowest BCUT2D eigenvalue weighted by atomic mass is 10.1. The predicted molar refractivity (Wildman–Crippen MR) is 78.1 cm³/mol. The van der Waals surface area contributed by atoms with Gasteiger partial charge in [-0.15, -0.1) is 0 Å². The molecular formula is C13H21N4O2-. The van der Waals surface area contributed by atoms with Gasteiger partial charge in [-0.25, -0.2) is 0 Å². The topological polar surface area (TPSA) is 65.0 Å². The second-order valence-corrected chi connectivity index (χ2v) is 4.97. The maximum absolute atomic E-state index is 11.1. The summed E-state index contributed by atoms with van der Waals surface area (Å²) >= 11 is 0. The minimum absolute atomic E-state index is 0.0907. The van der Waals surface area contributed by atoms with Crippen LogP contribution in [-0.2, 0) is 0 Å². The Kier molecular flexibility index (Phi) is 4.14. The van der Waals surface area contributed by atoms with Gasteiger partial charge in [0.05, 0.1) is 11.4 Å². The SMILES string of the molecule is CNc1cc(N2CCN(C)CC2)c(C)cc1N([O-])O. The van der Waals surface area contributed by atoms with Crippen LogP contribution in [0.15, 0.2) is 12.1 Å². The Balaban J connectivity index is 2.31. The van der Waals surface area contributed by atoms with Crippen LogP contribution in [0.3, 0.4) is 0 Å². The zero-order valence-electron chi connectivity index (χ0n) is 11.7. The number of hydrogen-bond acceptors (Lipinski definition) is 6. The van der Waals surface area contributed by atoms with Gasteiger partial charge < -0.3 is 25.6 Å². The Morgan fingerprint density at radius 2 is 1.89 bits per heavy atom. The van der Waals surface area contributed by atoms with Gasteiger partial charge in [0.1, 0.15) is 0 Å². The number of aryl methyl sites for hydroxylation is 1. The second-order valence-electron chi connectivity index (χ2n) is 4.97. The minimum Gasteiger partial charge on any atom is -0.733 e. The molecule has 19 heavy (non-hydrogen) atoms. The average molecular weight is 265 g/mol. The molecule has 2 N–H and O–H groups in total. The van der Waals surface area contributed by atoms with Crippen LogP contribution >= 0.6 is 0 Å². The number of benzene rings is 1. The maximum atomic E-state index is 11.1. The van der Waals surface area contributed by atoms with Crippen LogP contribution < -0.4 is 15.4 Å². The van der Waals surface area contributed by atoms with Gasteiger partial charge in [0.2, 0.25) is 0 Å². The van der Waals surface area contributed by atoms with E-state index < -0.39 is 0 Å². The van der Waals surface area contributed by atoms with Gasteiger partial charge in [-0.05, 0) is 31.7 Å². The number of nitrogens with one attached hydrogen (secondary N) is 1. The third kappa shape index (κ3) is 2.91. The van der Waals surface area contributed by atoms with Crippen LogP contribution in [0.25, 0.3) is 0 Å². The van der Waals surface area contributed by atoms with Gasteiger partial charge in [-0.3, -0.25) is 5.21 Å². The van der Waals surface area contributed by atoms with E-state index in [1.54, 1.807) is 13.1 Å². The fourth-order valence-corrected chi connectivity index (χ4v) is 2.43. The summed E-state index contributed by atoms with van der Waals surface area (Å²) in [6, 6.07) is 3.64. The number of anilines is 3. The van der Waals surface area contributed by atoms with Crippen molar-refractivity contribution in [3.63, 3.8) is 0 Å². The highest BCUT2D eigenvalue weighted by atomic mass is 16.8. The molecule has 0 unspecified atom stereocenters. The summed E-state index contributed by atoms with van der Waals surface area (Å²) in [6.45, 7) is 5.97. The van der Waals surface area contributed by atoms with Crippen LogP contribution in [0.5, 0.6) is 0 Å². The summed E-state index contributed by atoms with van der Waals surface area (Å²) < 4.78 is 0. The van der Waals surface area contributed by atoms with Gasteiger partial charge in [0, 0.05) is 38.9 Å². The minimum atomic E-state index is -0.0907. The summed E-state index contributed by atoms with van der Waals surface area (Å²) in [7, 11) is 3.86. The Hall–Kier alpha value is -1.50. The van der Waals surface area contributed by atoms with Crippen molar-refractivity contribution in [1.82, 2.24) is 4.90 Å². The molecule has 1 aromatic carbocycles. The molecule has 0 amide bonds. The second kappa shape index (κ2) is 5.64. The van der Waals surface area contributed by atoms with Crippen molar-refractivity contribution in [2.45, 2.75) is 6.92 Å². The van der Waals surface area contributed by atoms with Crippen molar-refractivity contribution in [2.24, 2.45) is 0 Å². The van der Waals surface area contributed by atoms with Crippen LogP contribution in [0.2, 0.25) is 0 Å². The lowest BCUT2D eigenvalue weighted by Gasteiger charge is -2.36. The molecular weight excluding hydrogens is 244 g/mol. The Morgan fingerprint density at radius 3 is 2.42 bits per heavy atom. The standard InChI is InChI=1S/C13H21N4O2/c1-10-8-13(17(18)19)11(14-2)9-12(10)16-6-4-15(3)5-7-16/h8-9,14,18H,4-7H2,1-3H3/q-1. The Bertz CT molecular complexity index is 443. The van der Waals surface area contributed by atoms with Gasteiger partial charge in [-0.1, -0.05) is 0 Å². The van der Waals surface area contributed by atoms with E-state index in [0.29, 0.717) is 5.69 Å². The van der Waals surface area contributed by atoms with Gasteiger partial charge in [0.15, 0.2) is 0 Å². The monoisotopic (exact) mass is 265 g/mol. The quantitative estimate of drug-likeness (QED) is 0.807. The van der Waals surface area contributed by atoms with Crippen molar-refractivity contribution in [3.05, 3.63) is 22.9 Å². The Labute approximate surface area is 113 Å². The molecule has 6 nitrogen and oxygen atoms in total. The first-order valence-corrected chi connectivity index (χ1v) is 6.45. The molecule has 0 aliphatic carbocycles. The molecule has 0 spiro atoms.